The van der Waals surface area contributed by atoms with Crippen molar-refractivity contribution in [2.45, 2.75) is 88.7 Å². The first-order valence-corrected chi connectivity index (χ1v) is 17.4. The number of benzene rings is 2. The van der Waals surface area contributed by atoms with Crippen molar-refractivity contribution in [1.82, 2.24) is 29.2 Å². The number of fused-ring (bicyclic) bond motifs is 1. The van der Waals surface area contributed by atoms with Crippen molar-refractivity contribution >= 4 is 16.9 Å². The summed E-state index contributed by atoms with van der Waals surface area (Å²) in [5.41, 5.74) is 2.29. The summed E-state index contributed by atoms with van der Waals surface area (Å²) < 4.78 is 23.1. The fraction of sp³-hybridized carbons (Fsp3) is 0.474. The van der Waals surface area contributed by atoms with Crippen molar-refractivity contribution in [3.63, 3.8) is 0 Å². The first-order chi connectivity index (χ1) is 23.5. The molecule has 2 atom stereocenters. The Balaban J connectivity index is 1.16. The summed E-state index contributed by atoms with van der Waals surface area (Å²) in [6.07, 6.45) is 5.49. The molecule has 2 aromatic carbocycles. The first kappa shape index (κ1) is 33.3. The second kappa shape index (κ2) is 13.3. The molecule has 4 aromatic rings. The predicted octanol–water partition coefficient (Wildman–Crippen LogP) is 4.66. The lowest BCUT2D eigenvalue weighted by molar-refractivity contribution is -0.128. The largest absolute Gasteiger partial charge is 0.373 e. The van der Waals surface area contributed by atoms with Gasteiger partial charge in [-0.2, -0.15) is 0 Å². The number of carbonyl (C=O) groups is 1. The molecular formula is C38H45FN6O4. The highest BCUT2D eigenvalue weighted by atomic mass is 19.1. The molecule has 3 fully saturated rings. The van der Waals surface area contributed by atoms with E-state index in [-0.39, 0.29) is 41.2 Å². The quantitative estimate of drug-likeness (QED) is 0.292. The highest BCUT2D eigenvalue weighted by Crippen LogP contribution is 2.41. The maximum absolute atomic E-state index is 14.5. The number of nitrogens with one attached hydrogen (secondary N) is 1. The zero-order chi connectivity index (χ0) is 34.4. The number of pyridine rings is 1. The van der Waals surface area contributed by atoms with E-state index in [9.17, 15) is 18.8 Å². The molecule has 7 rings (SSSR count). The van der Waals surface area contributed by atoms with Crippen molar-refractivity contribution < 1.29 is 13.9 Å². The molecule has 258 valence electrons. The van der Waals surface area contributed by atoms with Gasteiger partial charge in [-0.1, -0.05) is 36.4 Å². The lowest BCUT2D eigenvalue weighted by atomic mass is 9.90. The van der Waals surface area contributed by atoms with Gasteiger partial charge < -0.3 is 10.1 Å². The van der Waals surface area contributed by atoms with Gasteiger partial charge >= 0.3 is 5.69 Å². The van der Waals surface area contributed by atoms with Gasteiger partial charge in [-0.05, 0) is 101 Å². The normalized spacial score (nSPS) is 23.9. The average Bonchev–Trinajstić information content (AvgIpc) is 3.89. The molecule has 1 saturated heterocycles. The molecule has 3 aliphatic rings. The van der Waals surface area contributed by atoms with E-state index in [1.54, 1.807) is 0 Å². The van der Waals surface area contributed by atoms with E-state index < -0.39 is 22.6 Å². The molecule has 0 unspecified atom stereocenters. The van der Waals surface area contributed by atoms with Crippen molar-refractivity contribution in [2.24, 2.45) is 0 Å². The minimum atomic E-state index is -0.641. The topological polar surface area (TPSA) is 102 Å². The van der Waals surface area contributed by atoms with Crippen molar-refractivity contribution in [1.29, 1.82) is 0 Å². The zero-order valence-electron chi connectivity index (χ0n) is 28.7. The number of amides is 1. The fourth-order valence-corrected chi connectivity index (χ4v) is 7.83. The van der Waals surface area contributed by atoms with Crippen LogP contribution in [0.15, 0.2) is 70.4 Å². The van der Waals surface area contributed by atoms with Gasteiger partial charge in [0, 0.05) is 31.7 Å². The van der Waals surface area contributed by atoms with Gasteiger partial charge in [-0.15, -0.1) is 0 Å². The molecule has 0 bridgehead atoms. The molecule has 1 amide bonds. The summed E-state index contributed by atoms with van der Waals surface area (Å²) in [5, 5.41) is 3.26. The SMILES string of the molecule is C[C@@H]1CN(Cc2ccc(-c3cccc(-n4c(=O)n([C@H]5CC[C@@H](NC(=O)C6(N(C)C)CC6)CC5)c(=O)c5cc(F)cnc54)c3)cc2)C[C@H](C)O1. The highest BCUT2D eigenvalue weighted by molar-refractivity contribution is 5.89. The van der Waals surface area contributed by atoms with Gasteiger partial charge in [-0.3, -0.25) is 24.0 Å². The summed E-state index contributed by atoms with van der Waals surface area (Å²) >= 11 is 0. The maximum atomic E-state index is 14.5. The Hall–Kier alpha value is -4.19. The maximum Gasteiger partial charge on any atom is 0.337 e. The Morgan fingerprint density at radius 2 is 1.67 bits per heavy atom. The zero-order valence-corrected chi connectivity index (χ0v) is 28.7. The summed E-state index contributed by atoms with van der Waals surface area (Å²) in [5.74, 6) is -0.596. The fourth-order valence-electron chi connectivity index (χ4n) is 7.83. The van der Waals surface area contributed by atoms with Crippen molar-refractivity contribution in [3.8, 4) is 16.8 Å². The van der Waals surface area contributed by atoms with E-state index in [0.717, 1.165) is 55.9 Å². The average molecular weight is 669 g/mol. The van der Waals surface area contributed by atoms with E-state index in [2.05, 4.69) is 53.3 Å². The number of aromatic nitrogens is 3. The van der Waals surface area contributed by atoms with Gasteiger partial charge in [0.25, 0.3) is 5.56 Å². The van der Waals surface area contributed by atoms with Crippen LogP contribution in [0.4, 0.5) is 4.39 Å². The Labute approximate surface area is 285 Å². The Bertz CT molecular complexity index is 1970. The summed E-state index contributed by atoms with van der Waals surface area (Å²) in [6.45, 7) is 6.84. The van der Waals surface area contributed by atoms with E-state index >= 15 is 0 Å². The molecule has 3 heterocycles. The van der Waals surface area contributed by atoms with Crippen LogP contribution in [0.1, 0.15) is 64.0 Å². The standard InChI is InChI=1S/C38H45FN6O4/c1-24-21-43(22-25(2)49-24)23-26-8-10-27(11-9-26)28-6-5-7-32(18-28)44-34-33(19-29(39)20-40-34)35(46)45(37(44)48)31-14-12-30(13-15-31)41-36(47)38(16-17-38)42(3)4/h5-11,18-20,24-25,30-31H,12-17,21-23H2,1-4H3,(H,41,47)/t24-,25+,30-,31+. The van der Waals surface area contributed by atoms with E-state index in [1.165, 1.54) is 14.7 Å². The van der Waals surface area contributed by atoms with Crippen molar-refractivity contribution in [2.75, 3.05) is 27.2 Å². The van der Waals surface area contributed by atoms with E-state index in [1.807, 2.05) is 43.3 Å². The summed E-state index contributed by atoms with van der Waals surface area (Å²) in [4.78, 5) is 49.8. The number of hydrogen-bond donors (Lipinski definition) is 1. The summed E-state index contributed by atoms with van der Waals surface area (Å²) in [6, 6.07) is 16.7. The summed E-state index contributed by atoms with van der Waals surface area (Å²) in [7, 11) is 3.86. The van der Waals surface area contributed by atoms with Crippen LogP contribution in [0.25, 0.3) is 27.8 Å². The monoisotopic (exact) mass is 668 g/mol. The van der Waals surface area contributed by atoms with Gasteiger partial charge in [0.05, 0.1) is 35.0 Å². The van der Waals surface area contributed by atoms with Crippen LogP contribution in [0.2, 0.25) is 0 Å². The number of carbonyl (C=O) groups excluding carboxylic acids is 1. The molecule has 2 aliphatic carbocycles. The second-order valence-corrected chi connectivity index (χ2v) is 14.4. The van der Waals surface area contributed by atoms with E-state index in [0.29, 0.717) is 31.4 Å². The van der Waals surface area contributed by atoms with Crippen LogP contribution in [0.3, 0.4) is 0 Å². The van der Waals surface area contributed by atoms with Gasteiger partial charge in [0.15, 0.2) is 5.65 Å². The second-order valence-electron chi connectivity index (χ2n) is 14.4. The third-order valence-corrected chi connectivity index (χ3v) is 10.6. The third kappa shape index (κ3) is 6.59. The van der Waals surface area contributed by atoms with Gasteiger partial charge in [0.1, 0.15) is 5.82 Å². The van der Waals surface area contributed by atoms with Crippen LogP contribution in [-0.4, -0.2) is 80.8 Å². The Morgan fingerprint density at radius 3 is 2.33 bits per heavy atom. The minimum Gasteiger partial charge on any atom is -0.373 e. The lowest BCUT2D eigenvalue weighted by Crippen LogP contribution is -2.50. The molecule has 1 aliphatic heterocycles. The lowest BCUT2D eigenvalue weighted by Gasteiger charge is -2.35. The third-order valence-electron chi connectivity index (χ3n) is 10.6. The van der Waals surface area contributed by atoms with Gasteiger partial charge in [-0.25, -0.2) is 18.7 Å². The molecule has 1 N–H and O–H groups in total. The van der Waals surface area contributed by atoms with E-state index in [4.69, 9.17) is 4.74 Å². The number of rotatable bonds is 8. The van der Waals surface area contributed by atoms with Crippen molar-refractivity contribution in [3.05, 3.63) is 93.0 Å². The molecule has 2 saturated carbocycles. The molecule has 49 heavy (non-hydrogen) atoms. The van der Waals surface area contributed by atoms with Crippen LogP contribution < -0.4 is 16.6 Å². The van der Waals surface area contributed by atoms with Crippen LogP contribution in [-0.2, 0) is 16.1 Å². The van der Waals surface area contributed by atoms with Crippen LogP contribution in [0, 0.1) is 5.82 Å². The number of hydrogen-bond acceptors (Lipinski definition) is 7. The number of ether oxygens (including phenoxy) is 1. The number of nitrogens with zero attached hydrogens (tertiary/aromatic N) is 5. The smallest absolute Gasteiger partial charge is 0.337 e. The molecular weight excluding hydrogens is 623 g/mol. The molecule has 11 heteroatoms. The number of likely N-dealkylation sites (N-methyl/N-ethyl adjacent to an activating group) is 1. The van der Waals surface area contributed by atoms with Crippen LogP contribution >= 0.6 is 0 Å². The first-order valence-electron chi connectivity index (χ1n) is 17.4. The molecule has 10 nitrogen and oxygen atoms in total. The molecule has 0 spiro atoms. The Kier molecular flexibility index (Phi) is 9.02. The predicted molar refractivity (Wildman–Crippen MR) is 187 cm³/mol. The minimum absolute atomic E-state index is 0.0252. The van der Waals surface area contributed by atoms with Gasteiger partial charge in [0.2, 0.25) is 5.91 Å². The molecule has 0 radical (unpaired) electrons. The Morgan fingerprint density at radius 1 is 0.980 bits per heavy atom. The number of halogens is 1. The number of morpholine rings is 1. The highest BCUT2D eigenvalue weighted by Gasteiger charge is 2.52. The van der Waals surface area contributed by atoms with Crippen LogP contribution in [0.5, 0.6) is 0 Å². The molecule has 2 aromatic heterocycles.